The zero-order chi connectivity index (χ0) is 17.2. The van der Waals surface area contributed by atoms with Crippen LogP contribution in [0.1, 0.15) is 25.3 Å². The fraction of sp³-hybridized carbons (Fsp3) is 0.632. The fourth-order valence-corrected chi connectivity index (χ4v) is 2.97. The lowest BCUT2D eigenvalue weighted by Crippen LogP contribution is -2.41. The molecule has 142 valence electrons. The molecule has 1 saturated heterocycles. The summed E-state index contributed by atoms with van der Waals surface area (Å²) in [6, 6.07) is 8.26. The number of methoxy groups -OCH3 is 1. The normalized spacial score (nSPS) is 17.1. The third-order valence-electron chi connectivity index (χ3n) is 4.27. The van der Waals surface area contributed by atoms with Gasteiger partial charge in [0.2, 0.25) is 0 Å². The van der Waals surface area contributed by atoms with E-state index in [-0.39, 0.29) is 24.0 Å². The van der Waals surface area contributed by atoms with Crippen molar-refractivity contribution in [1.29, 1.82) is 0 Å². The van der Waals surface area contributed by atoms with Gasteiger partial charge in [-0.1, -0.05) is 12.1 Å². The quantitative estimate of drug-likeness (QED) is 0.280. The summed E-state index contributed by atoms with van der Waals surface area (Å²) < 4.78 is 10.7. The average Bonchev–Trinajstić information content (AvgIpc) is 3.10. The third kappa shape index (κ3) is 7.81. The predicted octanol–water partition coefficient (Wildman–Crippen LogP) is 3.18. The van der Waals surface area contributed by atoms with Gasteiger partial charge in [0.05, 0.1) is 13.7 Å². The molecule has 0 bridgehead atoms. The van der Waals surface area contributed by atoms with Crippen molar-refractivity contribution in [3.63, 3.8) is 0 Å². The Morgan fingerprint density at radius 3 is 2.96 bits per heavy atom. The molecule has 6 heteroatoms. The van der Waals surface area contributed by atoms with Crippen LogP contribution in [-0.2, 0) is 11.2 Å². The summed E-state index contributed by atoms with van der Waals surface area (Å²) in [6.07, 6.45) is 3.20. The number of nitrogens with zero attached hydrogens (tertiary/aromatic N) is 2. The van der Waals surface area contributed by atoms with Crippen LogP contribution in [0.15, 0.2) is 29.3 Å². The standard InChI is InChI=1S/C19H31N3O2.HI/c1-4-20-19(22(2)14-17-10-12-24-15-17)21-11-6-8-16-7-5-9-18(13-16)23-3;/h5,7,9,13,17H,4,6,8,10-12,14-15H2,1-3H3,(H,20,21);1H. The Morgan fingerprint density at radius 2 is 2.28 bits per heavy atom. The maximum absolute atomic E-state index is 5.47. The first-order valence-electron chi connectivity index (χ1n) is 8.93. The van der Waals surface area contributed by atoms with Crippen LogP contribution in [0.4, 0.5) is 0 Å². The highest BCUT2D eigenvalue weighted by Gasteiger charge is 2.18. The van der Waals surface area contributed by atoms with Gasteiger partial charge in [0.15, 0.2) is 5.96 Å². The van der Waals surface area contributed by atoms with Gasteiger partial charge in [0.25, 0.3) is 0 Å². The van der Waals surface area contributed by atoms with Crippen LogP contribution in [0.25, 0.3) is 0 Å². The van der Waals surface area contributed by atoms with Gasteiger partial charge in [0.1, 0.15) is 5.75 Å². The molecular formula is C19H32IN3O2. The molecule has 0 radical (unpaired) electrons. The Kier molecular flexibility index (Phi) is 10.9. The molecular weight excluding hydrogens is 429 g/mol. The highest BCUT2D eigenvalue weighted by atomic mass is 127. The van der Waals surface area contributed by atoms with E-state index in [1.165, 1.54) is 5.56 Å². The van der Waals surface area contributed by atoms with Crippen molar-refractivity contribution in [2.45, 2.75) is 26.2 Å². The minimum absolute atomic E-state index is 0. The highest BCUT2D eigenvalue weighted by molar-refractivity contribution is 14.0. The number of aryl methyl sites for hydroxylation is 1. The van der Waals surface area contributed by atoms with Crippen LogP contribution >= 0.6 is 24.0 Å². The first-order chi connectivity index (χ1) is 11.7. The minimum atomic E-state index is 0. The summed E-state index contributed by atoms with van der Waals surface area (Å²) in [4.78, 5) is 7.00. The van der Waals surface area contributed by atoms with E-state index in [4.69, 9.17) is 14.5 Å². The molecule has 0 amide bonds. The lowest BCUT2D eigenvalue weighted by molar-refractivity contribution is 0.181. The second kappa shape index (κ2) is 12.4. The molecule has 0 spiro atoms. The van der Waals surface area contributed by atoms with Crippen molar-refractivity contribution in [2.75, 3.05) is 47.0 Å². The van der Waals surface area contributed by atoms with Crippen LogP contribution in [0, 0.1) is 5.92 Å². The summed E-state index contributed by atoms with van der Waals surface area (Å²) >= 11 is 0. The molecule has 25 heavy (non-hydrogen) atoms. The van der Waals surface area contributed by atoms with Crippen LogP contribution in [-0.4, -0.2) is 57.9 Å². The van der Waals surface area contributed by atoms with Crippen molar-refractivity contribution < 1.29 is 9.47 Å². The van der Waals surface area contributed by atoms with Crippen LogP contribution < -0.4 is 10.1 Å². The van der Waals surface area contributed by atoms with Crippen molar-refractivity contribution in [3.8, 4) is 5.75 Å². The average molecular weight is 461 g/mol. The van der Waals surface area contributed by atoms with E-state index in [9.17, 15) is 0 Å². The molecule has 1 N–H and O–H groups in total. The maximum atomic E-state index is 5.47. The number of guanidine groups is 1. The van der Waals surface area contributed by atoms with Gasteiger partial charge in [-0.25, -0.2) is 0 Å². The molecule has 1 fully saturated rings. The van der Waals surface area contributed by atoms with E-state index in [2.05, 4.69) is 36.3 Å². The Hall–Kier alpha value is -1.02. The van der Waals surface area contributed by atoms with E-state index < -0.39 is 0 Å². The van der Waals surface area contributed by atoms with E-state index in [1.54, 1.807) is 7.11 Å². The summed E-state index contributed by atoms with van der Waals surface area (Å²) in [5, 5.41) is 3.39. The summed E-state index contributed by atoms with van der Waals surface area (Å²) in [7, 11) is 3.82. The van der Waals surface area contributed by atoms with Crippen molar-refractivity contribution >= 4 is 29.9 Å². The zero-order valence-electron chi connectivity index (χ0n) is 15.7. The molecule has 1 unspecified atom stereocenters. The second-order valence-corrected chi connectivity index (χ2v) is 6.30. The number of hydrogen-bond donors (Lipinski definition) is 1. The van der Waals surface area contributed by atoms with E-state index >= 15 is 0 Å². The molecule has 1 aliphatic heterocycles. The Bertz CT molecular complexity index is 519. The minimum Gasteiger partial charge on any atom is -0.497 e. The van der Waals surface area contributed by atoms with Crippen molar-refractivity contribution in [1.82, 2.24) is 10.2 Å². The predicted molar refractivity (Wildman–Crippen MR) is 114 cm³/mol. The van der Waals surface area contributed by atoms with E-state index in [0.717, 1.165) is 63.8 Å². The van der Waals surface area contributed by atoms with Crippen LogP contribution in [0.3, 0.4) is 0 Å². The number of rotatable bonds is 8. The highest BCUT2D eigenvalue weighted by Crippen LogP contribution is 2.14. The van der Waals surface area contributed by atoms with Gasteiger partial charge in [-0.05, 0) is 43.9 Å². The monoisotopic (exact) mass is 461 g/mol. The Balaban J connectivity index is 0.00000312. The molecule has 0 saturated carbocycles. The van der Waals surface area contributed by atoms with Crippen LogP contribution in [0.2, 0.25) is 0 Å². The van der Waals surface area contributed by atoms with Gasteiger partial charge >= 0.3 is 0 Å². The number of ether oxygens (including phenoxy) is 2. The molecule has 1 aromatic rings. The lowest BCUT2D eigenvalue weighted by atomic mass is 10.1. The summed E-state index contributed by atoms with van der Waals surface area (Å²) in [5.41, 5.74) is 1.30. The largest absolute Gasteiger partial charge is 0.497 e. The number of halogens is 1. The number of nitrogens with one attached hydrogen (secondary N) is 1. The molecule has 1 aliphatic rings. The lowest BCUT2D eigenvalue weighted by Gasteiger charge is -2.24. The van der Waals surface area contributed by atoms with Gasteiger partial charge < -0.3 is 19.7 Å². The first-order valence-corrected chi connectivity index (χ1v) is 8.93. The van der Waals surface area contributed by atoms with E-state index in [0.29, 0.717) is 5.92 Å². The molecule has 2 rings (SSSR count). The molecule has 1 atom stereocenters. The van der Waals surface area contributed by atoms with Gasteiger partial charge in [-0.3, -0.25) is 4.99 Å². The SMILES string of the molecule is CCNC(=NCCCc1cccc(OC)c1)N(C)CC1CCOC1.I. The second-order valence-electron chi connectivity index (χ2n) is 6.30. The van der Waals surface area contributed by atoms with Crippen LogP contribution in [0.5, 0.6) is 5.75 Å². The molecule has 1 aromatic carbocycles. The Labute approximate surface area is 169 Å². The third-order valence-corrected chi connectivity index (χ3v) is 4.27. The topological polar surface area (TPSA) is 46.1 Å². The maximum Gasteiger partial charge on any atom is 0.193 e. The molecule has 0 aromatic heterocycles. The number of aliphatic imine (C=N–C) groups is 1. The fourth-order valence-electron chi connectivity index (χ4n) is 2.97. The molecule has 1 heterocycles. The van der Waals surface area contributed by atoms with Crippen molar-refractivity contribution in [2.24, 2.45) is 10.9 Å². The number of hydrogen-bond acceptors (Lipinski definition) is 3. The van der Waals surface area contributed by atoms with Gasteiger partial charge in [-0.15, -0.1) is 24.0 Å². The molecule has 5 nitrogen and oxygen atoms in total. The van der Waals surface area contributed by atoms with E-state index in [1.807, 2.05) is 12.1 Å². The van der Waals surface area contributed by atoms with Gasteiger partial charge in [0, 0.05) is 39.2 Å². The first kappa shape index (κ1) is 22.0. The van der Waals surface area contributed by atoms with Crippen molar-refractivity contribution in [3.05, 3.63) is 29.8 Å². The Morgan fingerprint density at radius 1 is 1.44 bits per heavy atom. The zero-order valence-corrected chi connectivity index (χ0v) is 18.0. The smallest absolute Gasteiger partial charge is 0.193 e. The number of benzene rings is 1. The van der Waals surface area contributed by atoms with Gasteiger partial charge in [-0.2, -0.15) is 0 Å². The molecule has 0 aliphatic carbocycles. The summed E-state index contributed by atoms with van der Waals surface area (Å²) in [5.74, 6) is 2.54. The summed E-state index contributed by atoms with van der Waals surface area (Å²) in [6.45, 7) is 6.59.